The molecule has 2 heterocycles. The summed E-state index contributed by atoms with van der Waals surface area (Å²) < 4.78 is 0. The molecule has 1 saturated heterocycles. The largest absolute Gasteiger partial charge is 0.394 e. The lowest BCUT2D eigenvalue weighted by molar-refractivity contribution is -0.150. The molecule has 0 bridgehead atoms. The summed E-state index contributed by atoms with van der Waals surface area (Å²) in [5.74, 6) is 0.159. The van der Waals surface area contributed by atoms with Crippen molar-refractivity contribution in [3.05, 3.63) is 66.0 Å². The number of likely N-dealkylation sites (tertiary alicyclic amines) is 1. The quantitative estimate of drug-likeness (QED) is 0.753. The Hall–Kier alpha value is -2.73. The molecule has 6 nitrogen and oxygen atoms in total. The molecule has 1 aromatic carbocycles. The number of nitrogens with zero attached hydrogens (tertiary/aromatic N) is 2. The van der Waals surface area contributed by atoms with Crippen LogP contribution in [0.5, 0.6) is 0 Å². The van der Waals surface area contributed by atoms with Gasteiger partial charge in [0.15, 0.2) is 0 Å². The monoisotopic (exact) mass is 393 g/mol. The minimum Gasteiger partial charge on any atom is -0.394 e. The molecule has 1 aliphatic heterocycles. The van der Waals surface area contributed by atoms with Crippen molar-refractivity contribution in [2.45, 2.75) is 43.7 Å². The van der Waals surface area contributed by atoms with E-state index in [9.17, 15) is 14.7 Å². The van der Waals surface area contributed by atoms with Crippen LogP contribution in [0.25, 0.3) is 0 Å². The molecule has 2 N–H and O–H groups in total. The summed E-state index contributed by atoms with van der Waals surface area (Å²) in [7, 11) is 0. The fourth-order valence-corrected chi connectivity index (χ4v) is 4.45. The second-order valence-corrected chi connectivity index (χ2v) is 7.96. The van der Waals surface area contributed by atoms with Crippen LogP contribution in [0.15, 0.2) is 54.9 Å². The van der Waals surface area contributed by atoms with Crippen molar-refractivity contribution >= 4 is 11.8 Å². The van der Waals surface area contributed by atoms with Gasteiger partial charge in [0.25, 0.3) is 0 Å². The number of aromatic nitrogens is 1. The normalized spacial score (nSPS) is 23.8. The van der Waals surface area contributed by atoms with E-state index in [2.05, 4.69) is 10.3 Å². The zero-order valence-electron chi connectivity index (χ0n) is 16.4. The van der Waals surface area contributed by atoms with Crippen molar-refractivity contribution in [3.63, 3.8) is 0 Å². The van der Waals surface area contributed by atoms with Crippen LogP contribution in [0.1, 0.15) is 36.3 Å². The van der Waals surface area contributed by atoms with Crippen molar-refractivity contribution in [3.8, 4) is 0 Å². The first-order valence-corrected chi connectivity index (χ1v) is 10.3. The second-order valence-electron chi connectivity index (χ2n) is 7.96. The lowest BCUT2D eigenvalue weighted by Crippen LogP contribution is -2.69. The number of aliphatic hydroxyl groups is 1. The van der Waals surface area contributed by atoms with Crippen LogP contribution in [-0.4, -0.2) is 52.0 Å². The van der Waals surface area contributed by atoms with Gasteiger partial charge in [0.2, 0.25) is 11.8 Å². The molecule has 0 radical (unpaired) electrons. The van der Waals surface area contributed by atoms with Gasteiger partial charge in [-0.25, -0.2) is 0 Å². The summed E-state index contributed by atoms with van der Waals surface area (Å²) in [6.45, 7) is 0.308. The Morgan fingerprint density at radius 3 is 2.41 bits per heavy atom. The summed E-state index contributed by atoms with van der Waals surface area (Å²) in [6, 6.07) is 13.2. The molecule has 0 spiro atoms. The third-order valence-electron chi connectivity index (χ3n) is 6.27. The van der Waals surface area contributed by atoms with E-state index in [1.165, 1.54) is 0 Å². The predicted octanol–water partition coefficient (Wildman–Crippen LogP) is 1.90. The van der Waals surface area contributed by atoms with Crippen molar-refractivity contribution in [2.24, 2.45) is 5.92 Å². The van der Waals surface area contributed by atoms with E-state index in [1.54, 1.807) is 17.3 Å². The minimum atomic E-state index is -0.280. The summed E-state index contributed by atoms with van der Waals surface area (Å²) in [4.78, 5) is 31.2. The van der Waals surface area contributed by atoms with Crippen LogP contribution in [0.4, 0.5) is 0 Å². The maximum Gasteiger partial charge on any atom is 0.227 e. The molecule has 152 valence electrons. The van der Waals surface area contributed by atoms with Crippen molar-refractivity contribution in [2.75, 3.05) is 13.2 Å². The third kappa shape index (κ3) is 4.03. The summed E-state index contributed by atoms with van der Waals surface area (Å²) in [6.07, 6.45) is 6.60. The van der Waals surface area contributed by atoms with E-state index in [1.807, 2.05) is 42.5 Å². The Morgan fingerprint density at radius 2 is 1.79 bits per heavy atom. The molecule has 0 unspecified atom stereocenters. The van der Waals surface area contributed by atoms with Gasteiger partial charge in [-0.05, 0) is 36.1 Å². The number of nitrogens with one attached hydrogen (secondary N) is 1. The maximum atomic E-state index is 13.1. The van der Waals surface area contributed by atoms with E-state index in [4.69, 9.17) is 0 Å². The number of aliphatic hydroxyl groups excluding tert-OH is 1. The Morgan fingerprint density at radius 1 is 1.07 bits per heavy atom. The molecule has 1 saturated carbocycles. The highest BCUT2D eigenvalue weighted by Crippen LogP contribution is 2.41. The fourth-order valence-electron chi connectivity index (χ4n) is 4.45. The number of carbonyl (C=O) groups is 2. The number of benzene rings is 1. The average molecular weight is 393 g/mol. The molecule has 6 heteroatoms. The highest BCUT2D eigenvalue weighted by molar-refractivity contribution is 5.82. The van der Waals surface area contributed by atoms with E-state index >= 15 is 0 Å². The first-order valence-electron chi connectivity index (χ1n) is 10.3. The van der Waals surface area contributed by atoms with Crippen LogP contribution in [0.3, 0.4) is 0 Å². The van der Waals surface area contributed by atoms with Gasteiger partial charge in [-0.1, -0.05) is 36.8 Å². The van der Waals surface area contributed by atoms with Crippen LogP contribution in [-0.2, 0) is 16.0 Å². The smallest absolute Gasteiger partial charge is 0.227 e. The number of hydrogen-bond donors (Lipinski definition) is 2. The van der Waals surface area contributed by atoms with Crippen molar-refractivity contribution < 1.29 is 14.7 Å². The molecule has 2 fully saturated rings. The predicted molar refractivity (Wildman–Crippen MR) is 109 cm³/mol. The summed E-state index contributed by atoms with van der Waals surface area (Å²) in [5.41, 5.74) is 1.98. The lowest BCUT2D eigenvalue weighted by Gasteiger charge is -2.55. The molecule has 1 aliphatic carbocycles. The molecular formula is C23H27N3O3. The lowest BCUT2D eigenvalue weighted by atomic mass is 9.74. The standard InChI is InChI=1S/C23H27N3O3/c27-15-20-22(17-5-2-1-3-6-17)19(14-25-23(29)18-7-4-8-18)26(20)21(28)13-16-9-11-24-12-10-16/h1-3,5-6,9-12,18-20,22,27H,4,7-8,13-15H2,(H,25,29)/t19-,20-,22+/m0/s1. The third-order valence-corrected chi connectivity index (χ3v) is 6.27. The van der Waals surface area contributed by atoms with Crippen LogP contribution >= 0.6 is 0 Å². The Labute approximate surface area is 171 Å². The number of amides is 2. The molecule has 1 aromatic heterocycles. The van der Waals surface area contributed by atoms with Gasteiger partial charge < -0.3 is 15.3 Å². The summed E-state index contributed by atoms with van der Waals surface area (Å²) in [5, 5.41) is 13.1. The van der Waals surface area contributed by atoms with Gasteiger partial charge in [0.1, 0.15) is 0 Å². The minimum absolute atomic E-state index is 0.00396. The van der Waals surface area contributed by atoms with Gasteiger partial charge in [-0.15, -0.1) is 0 Å². The molecular weight excluding hydrogens is 366 g/mol. The zero-order chi connectivity index (χ0) is 20.2. The molecule has 2 amide bonds. The SMILES string of the molecule is O=C(NC[C@H]1[C@@H](c2ccccc2)[C@H](CO)N1C(=O)Cc1ccncc1)C1CCC1. The van der Waals surface area contributed by atoms with Gasteiger partial charge in [-0.2, -0.15) is 0 Å². The number of rotatable bonds is 7. The Balaban J connectivity index is 1.52. The first kappa shape index (κ1) is 19.6. The van der Waals surface area contributed by atoms with E-state index in [-0.39, 0.29) is 48.8 Å². The van der Waals surface area contributed by atoms with Crippen LogP contribution in [0.2, 0.25) is 0 Å². The molecule has 2 aliphatic rings. The molecule has 4 rings (SSSR count). The van der Waals surface area contributed by atoms with Gasteiger partial charge >= 0.3 is 0 Å². The average Bonchev–Trinajstić information content (AvgIpc) is 2.67. The summed E-state index contributed by atoms with van der Waals surface area (Å²) >= 11 is 0. The van der Waals surface area contributed by atoms with Crippen LogP contribution < -0.4 is 5.32 Å². The van der Waals surface area contributed by atoms with Crippen molar-refractivity contribution in [1.82, 2.24) is 15.2 Å². The molecule has 3 atom stereocenters. The van der Waals surface area contributed by atoms with E-state index in [0.717, 1.165) is 30.4 Å². The number of carbonyl (C=O) groups excluding carboxylic acids is 2. The highest BCUT2D eigenvalue weighted by Gasteiger charge is 2.50. The fraction of sp³-hybridized carbons (Fsp3) is 0.435. The van der Waals surface area contributed by atoms with Gasteiger partial charge in [0, 0.05) is 30.8 Å². The first-order chi connectivity index (χ1) is 14.2. The molecule has 29 heavy (non-hydrogen) atoms. The highest BCUT2D eigenvalue weighted by atomic mass is 16.3. The number of hydrogen-bond acceptors (Lipinski definition) is 4. The van der Waals surface area contributed by atoms with E-state index < -0.39 is 0 Å². The van der Waals surface area contributed by atoms with Gasteiger partial charge in [0.05, 0.1) is 25.1 Å². The van der Waals surface area contributed by atoms with Crippen molar-refractivity contribution in [1.29, 1.82) is 0 Å². The Kier molecular flexibility index (Phi) is 5.90. The molecule has 2 aromatic rings. The number of pyridine rings is 1. The maximum absolute atomic E-state index is 13.1. The van der Waals surface area contributed by atoms with Gasteiger partial charge in [-0.3, -0.25) is 14.6 Å². The second kappa shape index (κ2) is 8.74. The van der Waals surface area contributed by atoms with Crippen LogP contribution in [0, 0.1) is 5.92 Å². The Bertz CT molecular complexity index is 839. The zero-order valence-corrected chi connectivity index (χ0v) is 16.4. The topological polar surface area (TPSA) is 82.5 Å². The van der Waals surface area contributed by atoms with E-state index in [0.29, 0.717) is 6.54 Å².